The van der Waals surface area contributed by atoms with Crippen molar-refractivity contribution in [2.45, 2.75) is 6.54 Å². The van der Waals surface area contributed by atoms with Crippen molar-refractivity contribution >= 4 is 16.6 Å². The van der Waals surface area contributed by atoms with Crippen molar-refractivity contribution in [2.24, 2.45) is 0 Å². The first-order chi connectivity index (χ1) is 13.3. The molecule has 0 radical (unpaired) electrons. The van der Waals surface area contributed by atoms with Crippen molar-refractivity contribution in [3.8, 4) is 11.1 Å². The normalized spacial score (nSPS) is 16.3. The molecule has 0 unspecified atom stereocenters. The van der Waals surface area contributed by atoms with Crippen molar-refractivity contribution in [1.82, 2.24) is 24.4 Å². The zero-order chi connectivity index (χ0) is 18.2. The van der Waals surface area contributed by atoms with Crippen molar-refractivity contribution in [1.29, 1.82) is 0 Å². The highest BCUT2D eigenvalue weighted by Gasteiger charge is 2.14. The van der Waals surface area contributed by atoms with Crippen LogP contribution < -0.4 is 0 Å². The van der Waals surface area contributed by atoms with E-state index in [-0.39, 0.29) is 0 Å². The highest BCUT2D eigenvalue weighted by atomic mass is 15.2. The third-order valence-electron chi connectivity index (χ3n) is 5.57. The molecule has 5 nitrogen and oxygen atoms in total. The summed E-state index contributed by atoms with van der Waals surface area (Å²) in [6.45, 7) is 5.63. The minimum atomic E-state index is 0.880. The number of benzene rings is 2. The Kier molecular flexibility index (Phi) is 4.11. The average molecular weight is 357 g/mol. The van der Waals surface area contributed by atoms with E-state index in [1.165, 1.54) is 22.1 Å². The molecule has 3 heterocycles. The molecule has 136 valence electrons. The van der Waals surface area contributed by atoms with Crippen LogP contribution >= 0.6 is 0 Å². The lowest BCUT2D eigenvalue weighted by Gasteiger charge is -2.32. The van der Waals surface area contributed by atoms with Gasteiger partial charge in [-0.3, -0.25) is 9.30 Å². The molecule has 5 rings (SSSR count). The van der Waals surface area contributed by atoms with Crippen molar-refractivity contribution in [3.05, 3.63) is 66.5 Å². The first-order valence-corrected chi connectivity index (χ1v) is 9.50. The summed E-state index contributed by atoms with van der Waals surface area (Å²) < 4.78 is 2.04. The number of piperazine rings is 1. The SMILES string of the molecule is CN1CCN(Cc2ccc(-c3cc4nncn4c4ccccc34)cc2)CC1. The van der Waals surface area contributed by atoms with Crippen LogP contribution in [0.15, 0.2) is 60.9 Å². The second-order valence-corrected chi connectivity index (χ2v) is 7.41. The Balaban J connectivity index is 1.47. The van der Waals surface area contributed by atoms with Gasteiger partial charge in [-0.05, 0) is 35.9 Å². The van der Waals surface area contributed by atoms with E-state index in [2.05, 4.69) is 81.6 Å². The van der Waals surface area contributed by atoms with Gasteiger partial charge >= 0.3 is 0 Å². The van der Waals surface area contributed by atoms with E-state index in [9.17, 15) is 0 Å². The highest BCUT2D eigenvalue weighted by Crippen LogP contribution is 2.30. The van der Waals surface area contributed by atoms with E-state index in [0.29, 0.717) is 0 Å². The van der Waals surface area contributed by atoms with Gasteiger partial charge in [-0.1, -0.05) is 42.5 Å². The maximum Gasteiger partial charge on any atom is 0.161 e. The number of para-hydroxylation sites is 1. The molecule has 4 aromatic rings. The van der Waals surface area contributed by atoms with E-state index in [4.69, 9.17) is 0 Å². The summed E-state index contributed by atoms with van der Waals surface area (Å²) in [7, 11) is 2.20. The number of pyridine rings is 1. The molecule has 0 atom stereocenters. The summed E-state index contributed by atoms with van der Waals surface area (Å²) in [4.78, 5) is 4.93. The molecule has 0 amide bonds. The molecule has 2 aromatic carbocycles. The molecule has 1 aliphatic rings. The topological polar surface area (TPSA) is 36.7 Å². The lowest BCUT2D eigenvalue weighted by molar-refractivity contribution is 0.148. The summed E-state index contributed by atoms with van der Waals surface area (Å²) >= 11 is 0. The van der Waals surface area contributed by atoms with Gasteiger partial charge in [0.25, 0.3) is 0 Å². The second-order valence-electron chi connectivity index (χ2n) is 7.41. The number of aromatic nitrogens is 3. The summed E-state index contributed by atoms with van der Waals surface area (Å²) in [6.07, 6.45) is 1.78. The van der Waals surface area contributed by atoms with Gasteiger partial charge in [-0.15, -0.1) is 10.2 Å². The smallest absolute Gasteiger partial charge is 0.161 e. The molecule has 0 N–H and O–H groups in total. The fraction of sp³-hybridized carbons (Fsp3) is 0.273. The van der Waals surface area contributed by atoms with E-state index in [0.717, 1.165) is 43.9 Å². The fourth-order valence-corrected chi connectivity index (χ4v) is 3.94. The van der Waals surface area contributed by atoms with Crippen LogP contribution in [0.2, 0.25) is 0 Å². The Morgan fingerprint density at radius 1 is 0.926 bits per heavy atom. The van der Waals surface area contributed by atoms with Gasteiger partial charge in [-0.2, -0.15) is 0 Å². The first-order valence-electron chi connectivity index (χ1n) is 9.50. The summed E-state index contributed by atoms with van der Waals surface area (Å²) in [5, 5.41) is 9.55. The molecular weight excluding hydrogens is 334 g/mol. The van der Waals surface area contributed by atoms with Gasteiger partial charge in [0.2, 0.25) is 0 Å². The number of nitrogens with zero attached hydrogens (tertiary/aromatic N) is 5. The summed E-state index contributed by atoms with van der Waals surface area (Å²) in [5.41, 5.74) is 5.81. The zero-order valence-electron chi connectivity index (χ0n) is 15.5. The largest absolute Gasteiger partial charge is 0.304 e. The molecule has 5 heteroatoms. The van der Waals surface area contributed by atoms with E-state index in [1.807, 2.05) is 4.40 Å². The number of hydrogen-bond acceptors (Lipinski definition) is 4. The highest BCUT2D eigenvalue weighted by molar-refractivity contribution is 5.97. The van der Waals surface area contributed by atoms with Gasteiger partial charge < -0.3 is 4.90 Å². The molecule has 1 saturated heterocycles. The van der Waals surface area contributed by atoms with Crippen LogP contribution in [0.5, 0.6) is 0 Å². The molecule has 0 bridgehead atoms. The van der Waals surface area contributed by atoms with E-state index in [1.54, 1.807) is 6.33 Å². The van der Waals surface area contributed by atoms with Gasteiger partial charge in [0.1, 0.15) is 6.33 Å². The molecule has 27 heavy (non-hydrogen) atoms. The lowest BCUT2D eigenvalue weighted by Crippen LogP contribution is -2.43. The molecule has 0 aliphatic carbocycles. The predicted molar refractivity (Wildman–Crippen MR) is 109 cm³/mol. The first kappa shape index (κ1) is 16.4. The standard InChI is InChI=1S/C22H23N5/c1-25-10-12-26(13-11-25)15-17-6-8-18(9-7-17)20-14-22-24-23-16-27(22)21-5-3-2-4-19(20)21/h2-9,14,16H,10-13,15H2,1H3. The monoisotopic (exact) mass is 357 g/mol. The van der Waals surface area contributed by atoms with Crippen LogP contribution in [-0.2, 0) is 6.54 Å². The Labute approximate surface area is 158 Å². The second kappa shape index (κ2) is 6.76. The van der Waals surface area contributed by atoms with Gasteiger partial charge in [0, 0.05) is 38.1 Å². The number of likely N-dealkylation sites (N-methyl/N-ethyl adjacent to an activating group) is 1. The lowest BCUT2D eigenvalue weighted by atomic mass is 9.99. The van der Waals surface area contributed by atoms with Gasteiger partial charge in [-0.25, -0.2) is 0 Å². The van der Waals surface area contributed by atoms with Crippen molar-refractivity contribution in [3.63, 3.8) is 0 Å². The zero-order valence-corrected chi connectivity index (χ0v) is 15.5. The Morgan fingerprint density at radius 3 is 2.52 bits per heavy atom. The summed E-state index contributed by atoms with van der Waals surface area (Å²) in [5.74, 6) is 0. The Morgan fingerprint density at radius 2 is 1.70 bits per heavy atom. The number of fused-ring (bicyclic) bond motifs is 3. The molecule has 1 aliphatic heterocycles. The summed E-state index contributed by atoms with van der Waals surface area (Å²) in [6, 6.07) is 19.6. The van der Waals surface area contributed by atoms with Crippen LogP contribution in [-0.4, -0.2) is 57.6 Å². The maximum absolute atomic E-state index is 4.26. The Bertz CT molecular complexity index is 1070. The quantitative estimate of drug-likeness (QED) is 0.564. The average Bonchev–Trinajstić information content (AvgIpc) is 3.19. The number of rotatable bonds is 3. The Hall–Kier alpha value is -2.76. The van der Waals surface area contributed by atoms with Crippen LogP contribution in [0.4, 0.5) is 0 Å². The molecular formula is C22H23N5. The minimum Gasteiger partial charge on any atom is -0.304 e. The van der Waals surface area contributed by atoms with Crippen molar-refractivity contribution < 1.29 is 0 Å². The molecule has 0 saturated carbocycles. The van der Waals surface area contributed by atoms with Crippen LogP contribution in [0, 0.1) is 0 Å². The molecule has 0 spiro atoms. The third kappa shape index (κ3) is 3.09. The van der Waals surface area contributed by atoms with Gasteiger partial charge in [0.05, 0.1) is 5.52 Å². The van der Waals surface area contributed by atoms with E-state index < -0.39 is 0 Å². The van der Waals surface area contributed by atoms with Crippen molar-refractivity contribution in [2.75, 3.05) is 33.2 Å². The van der Waals surface area contributed by atoms with Gasteiger partial charge in [0.15, 0.2) is 5.65 Å². The minimum absolute atomic E-state index is 0.880. The van der Waals surface area contributed by atoms with E-state index >= 15 is 0 Å². The maximum atomic E-state index is 4.26. The molecule has 2 aromatic heterocycles. The third-order valence-corrected chi connectivity index (χ3v) is 5.57. The fourth-order valence-electron chi connectivity index (χ4n) is 3.94. The number of hydrogen-bond donors (Lipinski definition) is 0. The van der Waals surface area contributed by atoms with Crippen LogP contribution in [0.25, 0.3) is 27.7 Å². The van der Waals surface area contributed by atoms with Crippen LogP contribution in [0.3, 0.4) is 0 Å². The van der Waals surface area contributed by atoms with Crippen LogP contribution in [0.1, 0.15) is 5.56 Å². The molecule has 1 fully saturated rings. The predicted octanol–water partition coefficient (Wildman–Crippen LogP) is 3.30.